The average molecular weight is 465 g/mol. The van der Waals surface area contributed by atoms with Crippen molar-refractivity contribution in [1.29, 1.82) is 0 Å². The van der Waals surface area contributed by atoms with Crippen LogP contribution in [0.2, 0.25) is 15.1 Å². The molecular weight excluding hydrogens is 441 g/mol. The Balaban J connectivity index is 1.72. The second-order valence-corrected chi connectivity index (χ2v) is 8.10. The van der Waals surface area contributed by atoms with Crippen LogP contribution in [0.5, 0.6) is 11.5 Å². The van der Waals surface area contributed by atoms with Gasteiger partial charge in [0.2, 0.25) is 0 Å². The van der Waals surface area contributed by atoms with Gasteiger partial charge < -0.3 is 14.8 Å². The third kappa shape index (κ3) is 6.05. The molecule has 1 unspecified atom stereocenters. The van der Waals surface area contributed by atoms with Crippen molar-refractivity contribution in [1.82, 2.24) is 5.32 Å². The molecule has 0 saturated carbocycles. The summed E-state index contributed by atoms with van der Waals surface area (Å²) in [4.78, 5) is 0. The summed E-state index contributed by atoms with van der Waals surface area (Å²) in [6.07, 6.45) is 0. The highest BCUT2D eigenvalue weighted by Gasteiger charge is 2.13. The maximum Gasteiger partial charge on any atom is 0.163 e. The lowest BCUT2D eigenvalue weighted by Crippen LogP contribution is -2.18. The number of ether oxygens (including phenoxy) is 2. The average Bonchev–Trinajstić information content (AvgIpc) is 2.75. The lowest BCUT2D eigenvalue weighted by Gasteiger charge is -2.18. The number of benzene rings is 3. The molecule has 0 saturated heterocycles. The summed E-state index contributed by atoms with van der Waals surface area (Å²) in [7, 11) is 0. The Kier molecular flexibility index (Phi) is 8.29. The summed E-state index contributed by atoms with van der Waals surface area (Å²) in [5, 5.41) is 5.14. The molecule has 3 aromatic rings. The summed E-state index contributed by atoms with van der Waals surface area (Å²) in [5.74, 6) is 1.25. The molecule has 3 nitrogen and oxygen atoms in total. The summed E-state index contributed by atoms with van der Waals surface area (Å²) >= 11 is 18.6. The zero-order chi connectivity index (χ0) is 21.5. The molecule has 0 amide bonds. The van der Waals surface area contributed by atoms with Gasteiger partial charge in [-0.05, 0) is 48.7 Å². The van der Waals surface area contributed by atoms with Gasteiger partial charge in [-0.3, -0.25) is 0 Å². The first-order chi connectivity index (χ1) is 14.5. The Bertz CT molecular complexity index is 980. The van der Waals surface area contributed by atoms with Gasteiger partial charge in [-0.1, -0.05) is 71.2 Å². The summed E-state index contributed by atoms with van der Waals surface area (Å²) in [6, 6.07) is 19.6. The van der Waals surface area contributed by atoms with Crippen LogP contribution in [0.3, 0.4) is 0 Å². The normalized spacial score (nSPS) is 11.9. The molecule has 0 radical (unpaired) electrons. The van der Waals surface area contributed by atoms with Crippen LogP contribution in [-0.2, 0) is 13.2 Å². The Morgan fingerprint density at radius 3 is 2.27 bits per heavy atom. The van der Waals surface area contributed by atoms with E-state index in [1.165, 1.54) is 5.56 Å². The molecular formula is C24H24Cl3NO2. The number of rotatable bonds is 9. The summed E-state index contributed by atoms with van der Waals surface area (Å²) in [6.45, 7) is 5.53. The first-order valence-corrected chi connectivity index (χ1v) is 10.9. The third-order valence-corrected chi connectivity index (χ3v) is 5.78. The van der Waals surface area contributed by atoms with Gasteiger partial charge in [0.1, 0.15) is 6.61 Å². The Morgan fingerprint density at radius 2 is 1.57 bits per heavy atom. The Morgan fingerprint density at radius 1 is 0.833 bits per heavy atom. The van der Waals surface area contributed by atoms with E-state index in [-0.39, 0.29) is 6.04 Å². The van der Waals surface area contributed by atoms with E-state index in [0.717, 1.165) is 11.1 Å². The van der Waals surface area contributed by atoms with E-state index in [1.807, 2.05) is 37.3 Å². The maximum atomic E-state index is 6.54. The first kappa shape index (κ1) is 22.8. The molecule has 0 aromatic heterocycles. The topological polar surface area (TPSA) is 30.5 Å². The van der Waals surface area contributed by atoms with Gasteiger partial charge in [-0.15, -0.1) is 0 Å². The zero-order valence-corrected chi connectivity index (χ0v) is 19.2. The maximum absolute atomic E-state index is 6.54. The van der Waals surface area contributed by atoms with E-state index >= 15 is 0 Å². The van der Waals surface area contributed by atoms with Gasteiger partial charge >= 0.3 is 0 Å². The molecule has 0 aliphatic rings. The number of hydrogen-bond donors (Lipinski definition) is 1. The SMILES string of the molecule is CCOc1cc(CNC(C)c2ccccc2)c(Cl)cc1OCc1ccc(Cl)c(Cl)c1. The van der Waals surface area contributed by atoms with Crippen LogP contribution in [0.1, 0.15) is 36.6 Å². The van der Waals surface area contributed by atoms with Gasteiger partial charge in [0.05, 0.1) is 16.7 Å². The van der Waals surface area contributed by atoms with Crippen LogP contribution in [0.25, 0.3) is 0 Å². The number of nitrogens with one attached hydrogen (secondary N) is 1. The molecule has 30 heavy (non-hydrogen) atoms. The highest BCUT2D eigenvalue weighted by molar-refractivity contribution is 6.42. The van der Waals surface area contributed by atoms with E-state index in [9.17, 15) is 0 Å². The quantitative estimate of drug-likeness (QED) is 0.356. The largest absolute Gasteiger partial charge is 0.490 e. The second kappa shape index (κ2) is 10.9. The fourth-order valence-electron chi connectivity index (χ4n) is 3.01. The van der Waals surface area contributed by atoms with Crippen molar-refractivity contribution < 1.29 is 9.47 Å². The van der Waals surface area contributed by atoms with E-state index < -0.39 is 0 Å². The molecule has 0 fully saturated rings. The molecule has 158 valence electrons. The van der Waals surface area contributed by atoms with Gasteiger partial charge in [0.15, 0.2) is 11.5 Å². The highest BCUT2D eigenvalue weighted by atomic mass is 35.5. The molecule has 0 heterocycles. The van der Waals surface area contributed by atoms with Gasteiger partial charge in [0, 0.05) is 23.7 Å². The van der Waals surface area contributed by atoms with Crippen LogP contribution in [0.15, 0.2) is 60.7 Å². The minimum atomic E-state index is 0.198. The van der Waals surface area contributed by atoms with E-state index in [0.29, 0.717) is 46.3 Å². The number of halogens is 3. The van der Waals surface area contributed by atoms with E-state index in [4.69, 9.17) is 44.3 Å². The molecule has 3 aromatic carbocycles. The lowest BCUT2D eigenvalue weighted by atomic mass is 10.1. The van der Waals surface area contributed by atoms with Crippen LogP contribution >= 0.6 is 34.8 Å². The predicted octanol–water partition coefficient (Wildman–Crippen LogP) is 7.48. The summed E-state index contributed by atoms with van der Waals surface area (Å²) < 4.78 is 11.8. The molecule has 0 spiro atoms. The minimum Gasteiger partial charge on any atom is -0.490 e. The predicted molar refractivity (Wildman–Crippen MR) is 125 cm³/mol. The van der Waals surface area contributed by atoms with Crippen molar-refractivity contribution in [2.45, 2.75) is 33.0 Å². The van der Waals surface area contributed by atoms with Crippen LogP contribution in [0, 0.1) is 0 Å². The van der Waals surface area contributed by atoms with Crippen molar-refractivity contribution in [2.24, 2.45) is 0 Å². The van der Waals surface area contributed by atoms with Gasteiger partial charge in [0.25, 0.3) is 0 Å². The molecule has 0 aliphatic heterocycles. The smallest absolute Gasteiger partial charge is 0.163 e. The van der Waals surface area contributed by atoms with Gasteiger partial charge in [-0.2, -0.15) is 0 Å². The van der Waals surface area contributed by atoms with Crippen molar-refractivity contribution in [3.05, 3.63) is 92.4 Å². The highest BCUT2D eigenvalue weighted by Crippen LogP contribution is 2.35. The number of hydrogen-bond acceptors (Lipinski definition) is 3. The zero-order valence-electron chi connectivity index (χ0n) is 16.9. The van der Waals surface area contributed by atoms with Crippen molar-refractivity contribution in [3.8, 4) is 11.5 Å². The Labute approximate surface area is 192 Å². The lowest BCUT2D eigenvalue weighted by molar-refractivity contribution is 0.269. The van der Waals surface area contributed by atoms with Gasteiger partial charge in [-0.25, -0.2) is 0 Å². The molecule has 0 aliphatic carbocycles. The van der Waals surface area contributed by atoms with E-state index in [1.54, 1.807) is 18.2 Å². The third-order valence-electron chi connectivity index (χ3n) is 4.69. The minimum absolute atomic E-state index is 0.198. The molecule has 6 heteroatoms. The van der Waals surface area contributed by atoms with Crippen molar-refractivity contribution >= 4 is 34.8 Å². The first-order valence-electron chi connectivity index (χ1n) is 9.78. The molecule has 0 bridgehead atoms. The molecule has 1 N–H and O–H groups in total. The fraction of sp³-hybridized carbons (Fsp3) is 0.250. The van der Waals surface area contributed by atoms with Crippen LogP contribution < -0.4 is 14.8 Å². The second-order valence-electron chi connectivity index (χ2n) is 6.87. The summed E-state index contributed by atoms with van der Waals surface area (Å²) in [5.41, 5.74) is 3.08. The van der Waals surface area contributed by atoms with Crippen LogP contribution in [-0.4, -0.2) is 6.61 Å². The van der Waals surface area contributed by atoms with E-state index in [2.05, 4.69) is 24.4 Å². The fourth-order valence-corrected chi connectivity index (χ4v) is 3.55. The van der Waals surface area contributed by atoms with Crippen molar-refractivity contribution in [3.63, 3.8) is 0 Å². The molecule has 1 atom stereocenters. The van der Waals surface area contributed by atoms with Crippen molar-refractivity contribution in [2.75, 3.05) is 6.61 Å². The monoisotopic (exact) mass is 463 g/mol. The standard InChI is InChI=1S/C24H24Cl3NO2/c1-3-29-23-12-19(14-28-16(2)18-7-5-4-6-8-18)21(26)13-24(23)30-15-17-9-10-20(25)22(27)11-17/h4-13,16,28H,3,14-15H2,1-2H3. The molecule has 3 rings (SSSR count). The van der Waals surface area contributed by atoms with Crippen LogP contribution in [0.4, 0.5) is 0 Å². The Hall–Kier alpha value is -1.91.